The lowest BCUT2D eigenvalue weighted by Gasteiger charge is -2.19. The lowest BCUT2D eigenvalue weighted by molar-refractivity contribution is 0.180. The van der Waals surface area contributed by atoms with Gasteiger partial charge in [0.1, 0.15) is 0 Å². The van der Waals surface area contributed by atoms with E-state index in [-0.39, 0.29) is 16.9 Å². The van der Waals surface area contributed by atoms with Crippen molar-refractivity contribution in [1.29, 1.82) is 0 Å². The van der Waals surface area contributed by atoms with Crippen molar-refractivity contribution in [2.24, 2.45) is 5.92 Å². The predicted octanol–water partition coefficient (Wildman–Crippen LogP) is 2.15. The van der Waals surface area contributed by atoms with Crippen LogP contribution in [-0.4, -0.2) is 27.7 Å². The highest BCUT2D eigenvalue weighted by Crippen LogP contribution is 2.19. The average Bonchev–Trinajstić information content (AvgIpc) is 2.82. The van der Waals surface area contributed by atoms with Crippen LogP contribution in [-0.2, 0) is 14.8 Å². The van der Waals surface area contributed by atoms with Gasteiger partial charge in [-0.2, -0.15) is 0 Å². The molecule has 4 nitrogen and oxygen atoms in total. The van der Waals surface area contributed by atoms with Gasteiger partial charge in [-0.15, -0.1) is 0 Å². The van der Waals surface area contributed by atoms with Gasteiger partial charge in [0.2, 0.25) is 10.0 Å². The molecule has 1 aliphatic rings. The first kappa shape index (κ1) is 14.0. The normalized spacial score (nSPS) is 22.0. The van der Waals surface area contributed by atoms with E-state index in [0.29, 0.717) is 6.61 Å². The Balaban J connectivity index is 2.09. The van der Waals surface area contributed by atoms with Crippen molar-refractivity contribution in [3.63, 3.8) is 0 Å². The smallest absolute Gasteiger partial charge is 0.240 e. The highest BCUT2D eigenvalue weighted by atomic mass is 79.9. The van der Waals surface area contributed by atoms with Gasteiger partial charge in [0.15, 0.2) is 0 Å². The first-order valence-corrected chi connectivity index (χ1v) is 8.12. The number of hydrogen-bond donors (Lipinski definition) is 1. The number of nitrogens with one attached hydrogen (secondary N) is 1. The maximum absolute atomic E-state index is 12.1. The maximum atomic E-state index is 12.1. The Kier molecular flexibility index (Phi) is 4.42. The van der Waals surface area contributed by atoms with Gasteiger partial charge in [-0.1, -0.05) is 15.9 Å². The van der Waals surface area contributed by atoms with Crippen molar-refractivity contribution in [1.82, 2.24) is 4.72 Å². The second-order valence-corrected chi connectivity index (χ2v) is 7.12. The second kappa shape index (κ2) is 5.69. The molecule has 1 aromatic carbocycles. The minimum absolute atomic E-state index is 0.110. The summed E-state index contributed by atoms with van der Waals surface area (Å²) in [6.07, 6.45) is 0.907. The van der Waals surface area contributed by atoms with Crippen LogP contribution in [0, 0.1) is 5.92 Å². The Morgan fingerprint density at radius 2 is 2.06 bits per heavy atom. The summed E-state index contributed by atoms with van der Waals surface area (Å²) >= 11 is 3.29. The van der Waals surface area contributed by atoms with Gasteiger partial charge in [0.25, 0.3) is 0 Å². The molecule has 1 heterocycles. The summed E-state index contributed by atoms with van der Waals surface area (Å²) in [5.74, 6) is 0.259. The van der Waals surface area contributed by atoms with Crippen LogP contribution in [0.15, 0.2) is 33.6 Å². The molecule has 2 rings (SSSR count). The molecular formula is C12H16BrNO3S. The van der Waals surface area contributed by atoms with Crippen molar-refractivity contribution in [3.05, 3.63) is 28.7 Å². The summed E-state index contributed by atoms with van der Waals surface area (Å²) < 4.78 is 33.1. The van der Waals surface area contributed by atoms with E-state index in [1.807, 2.05) is 6.92 Å². The van der Waals surface area contributed by atoms with E-state index in [4.69, 9.17) is 4.74 Å². The highest BCUT2D eigenvalue weighted by Gasteiger charge is 2.26. The van der Waals surface area contributed by atoms with Crippen LogP contribution in [0.3, 0.4) is 0 Å². The second-order valence-electron chi connectivity index (χ2n) is 4.49. The summed E-state index contributed by atoms with van der Waals surface area (Å²) in [5.41, 5.74) is 0. The Bertz CT molecular complexity index is 495. The Morgan fingerprint density at radius 1 is 1.39 bits per heavy atom. The van der Waals surface area contributed by atoms with E-state index >= 15 is 0 Å². The SMILES string of the molecule is CC(NS(=O)(=O)c1ccc(Br)cc1)C1CCOC1. The lowest BCUT2D eigenvalue weighted by atomic mass is 10.0. The zero-order valence-electron chi connectivity index (χ0n) is 10.1. The highest BCUT2D eigenvalue weighted by molar-refractivity contribution is 9.10. The first-order chi connectivity index (χ1) is 8.49. The van der Waals surface area contributed by atoms with E-state index in [1.54, 1.807) is 24.3 Å². The Hall–Kier alpha value is -0.430. The lowest BCUT2D eigenvalue weighted by Crippen LogP contribution is -2.38. The molecule has 0 bridgehead atoms. The molecule has 1 fully saturated rings. The molecule has 1 aliphatic heterocycles. The third kappa shape index (κ3) is 3.32. The van der Waals surface area contributed by atoms with E-state index in [9.17, 15) is 8.42 Å². The van der Waals surface area contributed by atoms with Gasteiger partial charge >= 0.3 is 0 Å². The van der Waals surface area contributed by atoms with Crippen molar-refractivity contribution in [3.8, 4) is 0 Å². The molecule has 0 saturated carbocycles. The Morgan fingerprint density at radius 3 is 2.61 bits per heavy atom. The standard InChI is InChI=1S/C12H16BrNO3S/c1-9(10-6-7-17-8-10)14-18(15,16)12-4-2-11(13)3-5-12/h2-5,9-10,14H,6-8H2,1H3. The van der Waals surface area contributed by atoms with Crippen LogP contribution in [0.25, 0.3) is 0 Å². The largest absolute Gasteiger partial charge is 0.381 e. The number of halogens is 1. The first-order valence-electron chi connectivity index (χ1n) is 5.85. The molecule has 1 aromatic rings. The van der Waals surface area contributed by atoms with Gasteiger partial charge in [-0.25, -0.2) is 13.1 Å². The summed E-state index contributed by atoms with van der Waals surface area (Å²) in [6, 6.07) is 6.51. The van der Waals surface area contributed by atoms with Gasteiger partial charge < -0.3 is 4.74 Å². The van der Waals surface area contributed by atoms with Crippen LogP contribution in [0.2, 0.25) is 0 Å². The fourth-order valence-corrected chi connectivity index (χ4v) is 3.55. The molecule has 18 heavy (non-hydrogen) atoms. The quantitative estimate of drug-likeness (QED) is 0.918. The van der Waals surface area contributed by atoms with Crippen molar-refractivity contribution in [2.45, 2.75) is 24.3 Å². The van der Waals surface area contributed by atoms with E-state index in [2.05, 4.69) is 20.7 Å². The van der Waals surface area contributed by atoms with Crippen LogP contribution in [0.1, 0.15) is 13.3 Å². The predicted molar refractivity (Wildman–Crippen MR) is 72.9 cm³/mol. The monoisotopic (exact) mass is 333 g/mol. The average molecular weight is 334 g/mol. The minimum Gasteiger partial charge on any atom is -0.381 e. The van der Waals surface area contributed by atoms with E-state index in [1.165, 1.54) is 0 Å². The van der Waals surface area contributed by atoms with Crippen LogP contribution >= 0.6 is 15.9 Å². The van der Waals surface area contributed by atoms with E-state index in [0.717, 1.165) is 17.5 Å². The molecule has 100 valence electrons. The number of ether oxygens (including phenoxy) is 1. The number of benzene rings is 1. The molecule has 1 N–H and O–H groups in total. The summed E-state index contributed by atoms with van der Waals surface area (Å²) in [5, 5.41) is 0. The number of sulfonamides is 1. The molecule has 2 atom stereocenters. The number of hydrogen-bond acceptors (Lipinski definition) is 3. The summed E-state index contributed by atoms with van der Waals surface area (Å²) in [6.45, 7) is 3.23. The van der Waals surface area contributed by atoms with Gasteiger partial charge in [0.05, 0.1) is 11.5 Å². The molecule has 0 aliphatic carbocycles. The third-order valence-electron chi connectivity index (χ3n) is 3.14. The van der Waals surface area contributed by atoms with Crippen molar-refractivity contribution < 1.29 is 13.2 Å². The molecule has 0 amide bonds. The van der Waals surface area contributed by atoms with E-state index < -0.39 is 10.0 Å². The summed E-state index contributed by atoms with van der Waals surface area (Å²) in [7, 11) is -3.44. The van der Waals surface area contributed by atoms with Crippen LogP contribution in [0.5, 0.6) is 0 Å². The fraction of sp³-hybridized carbons (Fsp3) is 0.500. The zero-order chi connectivity index (χ0) is 13.2. The minimum atomic E-state index is -3.44. The molecular weight excluding hydrogens is 318 g/mol. The molecule has 0 spiro atoms. The molecule has 0 aromatic heterocycles. The van der Waals surface area contributed by atoms with Crippen molar-refractivity contribution >= 4 is 26.0 Å². The molecule has 6 heteroatoms. The molecule has 0 radical (unpaired) electrons. The summed E-state index contributed by atoms with van der Waals surface area (Å²) in [4.78, 5) is 0.288. The fourth-order valence-electron chi connectivity index (χ4n) is 1.97. The number of rotatable bonds is 4. The maximum Gasteiger partial charge on any atom is 0.240 e. The van der Waals surface area contributed by atoms with Gasteiger partial charge in [0, 0.05) is 23.0 Å². The molecule has 2 unspecified atom stereocenters. The topological polar surface area (TPSA) is 55.4 Å². The van der Waals surface area contributed by atoms with Crippen LogP contribution < -0.4 is 4.72 Å². The Labute approximate surface area is 116 Å². The molecule has 1 saturated heterocycles. The third-order valence-corrected chi connectivity index (χ3v) is 5.24. The van der Waals surface area contributed by atoms with Crippen LogP contribution in [0.4, 0.5) is 0 Å². The van der Waals surface area contributed by atoms with Crippen molar-refractivity contribution in [2.75, 3.05) is 13.2 Å². The zero-order valence-corrected chi connectivity index (χ0v) is 12.5. The van der Waals surface area contributed by atoms with Gasteiger partial charge in [-0.3, -0.25) is 0 Å². The van der Waals surface area contributed by atoms with Gasteiger partial charge in [-0.05, 0) is 37.6 Å².